The monoisotopic (exact) mass is 257 g/mol. The van der Waals surface area contributed by atoms with Gasteiger partial charge in [-0.2, -0.15) is 0 Å². The Morgan fingerprint density at radius 2 is 2.18 bits per heavy atom. The second-order valence-corrected chi connectivity index (χ2v) is 4.04. The highest BCUT2D eigenvalue weighted by Crippen LogP contribution is 2.24. The Morgan fingerprint density at radius 1 is 1.47 bits per heavy atom. The van der Waals surface area contributed by atoms with Gasteiger partial charge in [-0.05, 0) is 31.5 Å². The fraction of sp³-hybridized carbons (Fsp3) is 0.417. The lowest BCUT2D eigenvalue weighted by Crippen LogP contribution is -2.32. The molecule has 17 heavy (non-hydrogen) atoms. The van der Waals surface area contributed by atoms with E-state index in [0.717, 1.165) is 0 Å². The number of aliphatic hydroxyl groups excluding tert-OH is 1. The van der Waals surface area contributed by atoms with Crippen LogP contribution in [0, 0.1) is 0 Å². The maximum atomic E-state index is 12.0. The van der Waals surface area contributed by atoms with Gasteiger partial charge in [0, 0.05) is 25.3 Å². The number of phenols is 1. The van der Waals surface area contributed by atoms with Crippen LogP contribution in [0.25, 0.3) is 0 Å². The standard InChI is InChI=1S/C12H16ClNO3/c1-2-14(6-3-7-15)12(17)9-4-5-11(16)10(13)8-9/h4-5,8,15-16H,2-3,6-7H2,1H3. The van der Waals surface area contributed by atoms with Crippen LogP contribution in [0.3, 0.4) is 0 Å². The number of aromatic hydroxyl groups is 1. The van der Waals surface area contributed by atoms with Crippen LogP contribution in [-0.4, -0.2) is 40.7 Å². The molecule has 0 spiro atoms. The lowest BCUT2D eigenvalue weighted by atomic mass is 10.2. The lowest BCUT2D eigenvalue weighted by Gasteiger charge is -2.20. The Bertz CT molecular complexity index is 395. The van der Waals surface area contributed by atoms with E-state index in [1.807, 2.05) is 6.92 Å². The molecule has 5 heteroatoms. The van der Waals surface area contributed by atoms with Gasteiger partial charge in [0.2, 0.25) is 0 Å². The molecule has 4 nitrogen and oxygen atoms in total. The molecule has 0 saturated heterocycles. The second kappa shape index (κ2) is 6.47. The third-order valence-electron chi connectivity index (χ3n) is 2.45. The molecule has 0 heterocycles. The number of hydrogen-bond donors (Lipinski definition) is 2. The van der Waals surface area contributed by atoms with Crippen LogP contribution in [0.15, 0.2) is 18.2 Å². The zero-order valence-electron chi connectivity index (χ0n) is 9.69. The topological polar surface area (TPSA) is 60.8 Å². The van der Waals surface area contributed by atoms with Gasteiger partial charge in [0.1, 0.15) is 5.75 Å². The number of hydrogen-bond acceptors (Lipinski definition) is 3. The summed E-state index contributed by atoms with van der Waals surface area (Å²) >= 11 is 5.75. The summed E-state index contributed by atoms with van der Waals surface area (Å²) in [6, 6.07) is 4.38. The van der Waals surface area contributed by atoms with Crippen molar-refractivity contribution in [1.82, 2.24) is 4.90 Å². The molecule has 0 fully saturated rings. The zero-order chi connectivity index (χ0) is 12.8. The average Bonchev–Trinajstić information content (AvgIpc) is 2.33. The number of amides is 1. The molecule has 1 rings (SSSR count). The molecule has 1 amide bonds. The summed E-state index contributed by atoms with van der Waals surface area (Å²) in [7, 11) is 0. The van der Waals surface area contributed by atoms with Crippen LogP contribution in [0.1, 0.15) is 23.7 Å². The first kappa shape index (κ1) is 13.8. The number of rotatable bonds is 5. The summed E-state index contributed by atoms with van der Waals surface area (Å²) in [4.78, 5) is 13.7. The highest BCUT2D eigenvalue weighted by atomic mass is 35.5. The number of halogens is 1. The Morgan fingerprint density at radius 3 is 2.71 bits per heavy atom. The van der Waals surface area contributed by atoms with Crippen LogP contribution < -0.4 is 0 Å². The van der Waals surface area contributed by atoms with Crippen LogP contribution in [0.2, 0.25) is 5.02 Å². The van der Waals surface area contributed by atoms with Gasteiger partial charge >= 0.3 is 0 Å². The van der Waals surface area contributed by atoms with E-state index < -0.39 is 0 Å². The van der Waals surface area contributed by atoms with Crippen molar-refractivity contribution in [3.8, 4) is 5.75 Å². The Hall–Kier alpha value is -1.26. The Labute approximate surface area is 105 Å². The fourth-order valence-electron chi connectivity index (χ4n) is 1.49. The van der Waals surface area contributed by atoms with Crippen molar-refractivity contribution < 1.29 is 15.0 Å². The van der Waals surface area contributed by atoms with E-state index in [-0.39, 0.29) is 23.3 Å². The quantitative estimate of drug-likeness (QED) is 0.847. The number of carbonyl (C=O) groups excluding carboxylic acids is 1. The molecule has 0 aromatic heterocycles. The SMILES string of the molecule is CCN(CCCO)C(=O)c1ccc(O)c(Cl)c1. The van der Waals surface area contributed by atoms with Crippen molar-refractivity contribution in [1.29, 1.82) is 0 Å². The zero-order valence-corrected chi connectivity index (χ0v) is 10.4. The van der Waals surface area contributed by atoms with Crippen molar-refractivity contribution in [3.05, 3.63) is 28.8 Å². The first-order chi connectivity index (χ1) is 8.10. The predicted molar refractivity (Wildman–Crippen MR) is 66.4 cm³/mol. The molecule has 0 aliphatic rings. The first-order valence-electron chi connectivity index (χ1n) is 5.48. The fourth-order valence-corrected chi connectivity index (χ4v) is 1.67. The van der Waals surface area contributed by atoms with E-state index in [1.54, 1.807) is 4.90 Å². The van der Waals surface area contributed by atoms with Gasteiger partial charge in [0.05, 0.1) is 5.02 Å². The molecular weight excluding hydrogens is 242 g/mol. The van der Waals surface area contributed by atoms with Crippen LogP contribution in [0.4, 0.5) is 0 Å². The second-order valence-electron chi connectivity index (χ2n) is 3.63. The summed E-state index contributed by atoms with van der Waals surface area (Å²) < 4.78 is 0. The molecule has 2 N–H and O–H groups in total. The number of phenolic OH excluding ortho intramolecular Hbond substituents is 1. The van der Waals surface area contributed by atoms with Crippen LogP contribution in [-0.2, 0) is 0 Å². The van der Waals surface area contributed by atoms with Gasteiger partial charge in [-0.3, -0.25) is 4.79 Å². The molecule has 1 aromatic carbocycles. The van der Waals surface area contributed by atoms with E-state index in [9.17, 15) is 9.90 Å². The smallest absolute Gasteiger partial charge is 0.253 e. The number of carbonyl (C=O) groups is 1. The van der Waals surface area contributed by atoms with Gasteiger partial charge in [-0.25, -0.2) is 0 Å². The van der Waals surface area contributed by atoms with Gasteiger partial charge in [0.25, 0.3) is 5.91 Å². The third kappa shape index (κ3) is 3.61. The molecule has 0 atom stereocenters. The summed E-state index contributed by atoms with van der Waals surface area (Å²) in [5.41, 5.74) is 0.438. The Balaban J connectivity index is 2.82. The average molecular weight is 258 g/mol. The molecule has 0 radical (unpaired) electrons. The van der Waals surface area contributed by atoms with Crippen LogP contribution >= 0.6 is 11.6 Å². The molecule has 0 bridgehead atoms. The summed E-state index contributed by atoms with van der Waals surface area (Å²) in [5.74, 6) is -0.190. The lowest BCUT2D eigenvalue weighted by molar-refractivity contribution is 0.0754. The van der Waals surface area contributed by atoms with E-state index in [4.69, 9.17) is 16.7 Å². The molecule has 0 unspecified atom stereocenters. The van der Waals surface area contributed by atoms with Crippen molar-refractivity contribution in [2.75, 3.05) is 19.7 Å². The maximum absolute atomic E-state index is 12.0. The summed E-state index contributed by atoms with van der Waals surface area (Å²) in [5, 5.41) is 18.2. The molecule has 0 saturated carbocycles. The first-order valence-corrected chi connectivity index (χ1v) is 5.86. The van der Waals surface area contributed by atoms with Crippen LogP contribution in [0.5, 0.6) is 5.75 Å². The molecule has 94 valence electrons. The van der Waals surface area contributed by atoms with Gasteiger partial charge in [-0.15, -0.1) is 0 Å². The van der Waals surface area contributed by atoms with E-state index in [1.165, 1.54) is 18.2 Å². The van der Waals surface area contributed by atoms with E-state index >= 15 is 0 Å². The van der Waals surface area contributed by atoms with Crippen molar-refractivity contribution in [2.45, 2.75) is 13.3 Å². The maximum Gasteiger partial charge on any atom is 0.253 e. The summed E-state index contributed by atoms with van der Waals surface area (Å²) in [6.07, 6.45) is 0.547. The molecule has 1 aromatic rings. The van der Waals surface area contributed by atoms with Crippen molar-refractivity contribution in [3.63, 3.8) is 0 Å². The minimum atomic E-state index is -0.150. The number of aliphatic hydroxyl groups is 1. The number of benzene rings is 1. The molecular formula is C12H16ClNO3. The highest BCUT2D eigenvalue weighted by Gasteiger charge is 2.14. The summed E-state index contributed by atoms with van der Waals surface area (Å²) in [6.45, 7) is 3.00. The van der Waals surface area contributed by atoms with Gasteiger partial charge in [0.15, 0.2) is 0 Å². The normalized spacial score (nSPS) is 10.3. The van der Waals surface area contributed by atoms with Gasteiger partial charge in [-0.1, -0.05) is 11.6 Å². The van der Waals surface area contributed by atoms with Gasteiger partial charge < -0.3 is 15.1 Å². The van der Waals surface area contributed by atoms with Crippen molar-refractivity contribution >= 4 is 17.5 Å². The van der Waals surface area contributed by atoms with E-state index in [0.29, 0.717) is 25.1 Å². The number of nitrogens with zero attached hydrogens (tertiary/aromatic N) is 1. The minimum Gasteiger partial charge on any atom is -0.506 e. The third-order valence-corrected chi connectivity index (χ3v) is 2.75. The highest BCUT2D eigenvalue weighted by molar-refractivity contribution is 6.32. The molecule has 0 aliphatic carbocycles. The Kier molecular flexibility index (Phi) is 5.25. The predicted octanol–water partition coefficient (Wildman–Crippen LogP) is 1.89. The minimum absolute atomic E-state index is 0.0402. The van der Waals surface area contributed by atoms with Crippen molar-refractivity contribution in [2.24, 2.45) is 0 Å². The van der Waals surface area contributed by atoms with E-state index in [2.05, 4.69) is 0 Å². The molecule has 0 aliphatic heterocycles. The largest absolute Gasteiger partial charge is 0.506 e.